The molecule has 0 aromatic rings. The summed E-state index contributed by atoms with van der Waals surface area (Å²) in [6.45, 7) is 2.48. The number of unbranched alkanes of at least 4 members (excludes halogenated alkanes) is 3. The van der Waals surface area contributed by atoms with Crippen molar-refractivity contribution in [3.05, 3.63) is 0 Å². The zero-order valence-corrected chi connectivity index (χ0v) is 8.12. The van der Waals surface area contributed by atoms with E-state index >= 15 is 0 Å². The molecule has 0 radical (unpaired) electrons. The quantitative estimate of drug-likeness (QED) is 0.386. The Morgan fingerprint density at radius 1 is 1.31 bits per heavy atom. The van der Waals surface area contributed by atoms with Gasteiger partial charge in [-0.25, -0.2) is 0 Å². The Balaban J connectivity index is 2.96. The highest BCUT2D eigenvalue weighted by molar-refractivity contribution is 6.45. The lowest BCUT2D eigenvalue weighted by Gasteiger charge is -2.03. The van der Waals surface area contributed by atoms with Gasteiger partial charge in [-0.3, -0.25) is 4.79 Å². The van der Waals surface area contributed by atoms with E-state index in [1.54, 1.807) is 6.82 Å². The summed E-state index contributed by atoms with van der Waals surface area (Å²) in [6, 6.07) is 0. The van der Waals surface area contributed by atoms with E-state index < -0.39 is 13.0 Å². The minimum Gasteiger partial charge on any atom is -0.481 e. The molecular formula is C8H18BNO3. The van der Waals surface area contributed by atoms with Crippen LogP contribution in [0.25, 0.3) is 0 Å². The SMILES string of the molecule is CB(O)NCCCCCCC(=O)O. The summed E-state index contributed by atoms with van der Waals surface area (Å²) in [5.41, 5.74) is 0. The van der Waals surface area contributed by atoms with Gasteiger partial charge in [0.2, 0.25) is 0 Å². The highest BCUT2D eigenvalue weighted by atomic mass is 16.4. The molecule has 5 heteroatoms. The van der Waals surface area contributed by atoms with Crippen LogP contribution in [0.5, 0.6) is 0 Å². The minimum atomic E-state index is -0.720. The summed E-state index contributed by atoms with van der Waals surface area (Å²) < 4.78 is 0. The zero-order chi connectivity index (χ0) is 10.1. The molecule has 0 rings (SSSR count). The Morgan fingerprint density at radius 2 is 1.92 bits per heavy atom. The van der Waals surface area contributed by atoms with Gasteiger partial charge in [0.25, 0.3) is 0 Å². The smallest absolute Gasteiger partial charge is 0.373 e. The van der Waals surface area contributed by atoms with E-state index in [9.17, 15) is 4.79 Å². The number of carboxylic acid groups (broad SMARTS) is 1. The molecule has 0 amide bonds. The first-order valence-electron chi connectivity index (χ1n) is 4.76. The fourth-order valence-corrected chi connectivity index (χ4v) is 1.07. The first kappa shape index (κ1) is 12.5. The molecule has 0 fully saturated rings. The number of nitrogens with one attached hydrogen (secondary N) is 1. The van der Waals surface area contributed by atoms with E-state index in [1.165, 1.54) is 0 Å². The summed E-state index contributed by atoms with van der Waals surface area (Å²) >= 11 is 0. The second kappa shape index (κ2) is 8.07. The molecule has 13 heavy (non-hydrogen) atoms. The molecule has 0 aliphatic rings. The highest BCUT2D eigenvalue weighted by Crippen LogP contribution is 2.01. The van der Waals surface area contributed by atoms with Gasteiger partial charge < -0.3 is 15.4 Å². The number of aliphatic carboxylic acids is 1. The molecule has 0 saturated heterocycles. The summed E-state index contributed by atoms with van der Waals surface area (Å²) in [6.07, 6.45) is 3.99. The van der Waals surface area contributed by atoms with Crippen LogP contribution in [0.15, 0.2) is 0 Å². The van der Waals surface area contributed by atoms with Crippen LogP contribution in [0, 0.1) is 0 Å². The van der Waals surface area contributed by atoms with E-state index in [0.29, 0.717) is 0 Å². The Kier molecular flexibility index (Phi) is 7.73. The van der Waals surface area contributed by atoms with Crippen molar-refractivity contribution in [2.45, 2.75) is 38.9 Å². The van der Waals surface area contributed by atoms with Crippen LogP contribution in [0.4, 0.5) is 0 Å². The van der Waals surface area contributed by atoms with Crippen molar-refractivity contribution in [1.82, 2.24) is 5.23 Å². The van der Waals surface area contributed by atoms with Gasteiger partial charge in [0.1, 0.15) is 0 Å². The molecule has 0 atom stereocenters. The minimum absolute atomic E-state index is 0.268. The van der Waals surface area contributed by atoms with E-state index in [4.69, 9.17) is 10.1 Å². The molecule has 0 unspecified atom stereocenters. The Morgan fingerprint density at radius 3 is 2.46 bits per heavy atom. The second-order valence-corrected chi connectivity index (χ2v) is 3.19. The van der Waals surface area contributed by atoms with Crippen LogP contribution in [0.3, 0.4) is 0 Å². The van der Waals surface area contributed by atoms with Crippen molar-refractivity contribution < 1.29 is 14.9 Å². The van der Waals surface area contributed by atoms with Crippen molar-refractivity contribution in [2.75, 3.05) is 6.54 Å². The average molecular weight is 187 g/mol. The average Bonchev–Trinajstić information content (AvgIpc) is 2.01. The monoisotopic (exact) mass is 187 g/mol. The maximum absolute atomic E-state index is 10.1. The van der Waals surface area contributed by atoms with Crippen molar-refractivity contribution in [1.29, 1.82) is 0 Å². The fourth-order valence-electron chi connectivity index (χ4n) is 1.07. The highest BCUT2D eigenvalue weighted by Gasteiger charge is 1.99. The number of carbonyl (C=O) groups is 1. The van der Waals surface area contributed by atoms with Gasteiger partial charge in [0.05, 0.1) is 0 Å². The van der Waals surface area contributed by atoms with Gasteiger partial charge in [0, 0.05) is 6.42 Å². The van der Waals surface area contributed by atoms with Gasteiger partial charge in [-0.05, 0) is 26.2 Å². The molecule has 76 valence electrons. The molecule has 0 aliphatic carbocycles. The van der Waals surface area contributed by atoms with E-state index in [-0.39, 0.29) is 6.42 Å². The molecule has 0 aromatic heterocycles. The largest absolute Gasteiger partial charge is 0.481 e. The van der Waals surface area contributed by atoms with Crippen LogP contribution in [0.2, 0.25) is 6.82 Å². The second-order valence-electron chi connectivity index (χ2n) is 3.19. The Bertz CT molecular complexity index is 141. The standard InChI is InChI=1S/C8H18BNO3/c1-9(13)10-7-5-3-2-4-6-8(11)12/h10,13H,2-7H2,1H3,(H,11,12). The van der Waals surface area contributed by atoms with Crippen molar-refractivity contribution in [3.8, 4) is 0 Å². The predicted molar refractivity (Wildman–Crippen MR) is 52.6 cm³/mol. The molecule has 0 aromatic carbocycles. The van der Waals surface area contributed by atoms with E-state index in [2.05, 4.69) is 5.23 Å². The van der Waals surface area contributed by atoms with Gasteiger partial charge in [-0.15, -0.1) is 0 Å². The van der Waals surface area contributed by atoms with Crippen molar-refractivity contribution >= 4 is 13.0 Å². The third kappa shape index (κ3) is 11.5. The molecule has 0 aliphatic heterocycles. The maximum atomic E-state index is 10.1. The van der Waals surface area contributed by atoms with Crippen LogP contribution < -0.4 is 5.23 Å². The Labute approximate surface area is 79.5 Å². The molecule has 0 spiro atoms. The summed E-state index contributed by atoms with van der Waals surface area (Å²) in [5, 5.41) is 20.1. The zero-order valence-electron chi connectivity index (χ0n) is 8.12. The number of carboxylic acids is 1. The fraction of sp³-hybridized carbons (Fsp3) is 0.875. The summed E-state index contributed by atoms with van der Waals surface area (Å²) in [4.78, 5) is 10.1. The maximum Gasteiger partial charge on any atom is 0.373 e. The third-order valence-electron chi connectivity index (χ3n) is 1.76. The summed E-state index contributed by atoms with van der Waals surface area (Å²) in [7, 11) is -0.445. The lowest BCUT2D eigenvalue weighted by Crippen LogP contribution is -2.31. The van der Waals surface area contributed by atoms with Crippen LogP contribution >= 0.6 is 0 Å². The first-order chi connectivity index (χ1) is 6.13. The van der Waals surface area contributed by atoms with Gasteiger partial charge in [0.15, 0.2) is 0 Å². The summed E-state index contributed by atoms with van der Waals surface area (Å²) in [5.74, 6) is -0.720. The molecule has 0 saturated carbocycles. The van der Waals surface area contributed by atoms with Crippen molar-refractivity contribution in [2.24, 2.45) is 0 Å². The lowest BCUT2D eigenvalue weighted by atomic mass is 9.89. The Hall–Kier alpha value is -0.545. The van der Waals surface area contributed by atoms with Crippen LogP contribution in [-0.4, -0.2) is 29.7 Å². The number of hydrogen-bond acceptors (Lipinski definition) is 3. The molecule has 0 heterocycles. The van der Waals surface area contributed by atoms with E-state index in [1.807, 2.05) is 0 Å². The number of rotatable bonds is 8. The molecule has 0 bridgehead atoms. The number of hydrogen-bond donors (Lipinski definition) is 3. The first-order valence-corrected chi connectivity index (χ1v) is 4.76. The van der Waals surface area contributed by atoms with Crippen molar-refractivity contribution in [3.63, 3.8) is 0 Å². The van der Waals surface area contributed by atoms with Crippen LogP contribution in [0.1, 0.15) is 32.1 Å². The molecule has 4 nitrogen and oxygen atoms in total. The normalized spacial score (nSPS) is 10.0. The predicted octanol–water partition coefficient (Wildman–Crippen LogP) is 0.721. The molecule has 3 N–H and O–H groups in total. The van der Waals surface area contributed by atoms with Gasteiger partial charge >= 0.3 is 13.0 Å². The van der Waals surface area contributed by atoms with Gasteiger partial charge in [-0.2, -0.15) is 0 Å². The third-order valence-corrected chi connectivity index (χ3v) is 1.76. The lowest BCUT2D eigenvalue weighted by molar-refractivity contribution is -0.137. The van der Waals surface area contributed by atoms with E-state index in [0.717, 1.165) is 32.2 Å². The molecular weight excluding hydrogens is 169 g/mol. The topological polar surface area (TPSA) is 69.6 Å². The van der Waals surface area contributed by atoms with Gasteiger partial charge in [-0.1, -0.05) is 12.8 Å². The van der Waals surface area contributed by atoms with Crippen LogP contribution in [-0.2, 0) is 4.79 Å².